The monoisotopic (exact) mass is 179 g/mol. The molecule has 1 rings (SSSR count). The lowest BCUT2D eigenvalue weighted by molar-refractivity contribution is -0.117. The first-order valence-electron chi connectivity index (χ1n) is 4.54. The molecule has 0 saturated heterocycles. The molecular weight excluding hydrogens is 162 g/mol. The summed E-state index contributed by atoms with van der Waals surface area (Å²) in [5.41, 5.74) is 1.07. The minimum absolute atomic E-state index is 0.289. The van der Waals surface area contributed by atoms with Gasteiger partial charge >= 0.3 is 0 Å². The molecule has 0 aliphatic carbocycles. The first kappa shape index (κ1) is 11.8. The highest BCUT2D eigenvalue weighted by Gasteiger charge is 1.83. The standard InChI is InChI=1S/C6H7N.C5H10O/c1-6-4-2-3-5-7-6;1-3-4-5(2)6/h2-5H,1H3;3-4H2,1-2H3. The molecule has 2 heteroatoms. The second-order valence-corrected chi connectivity index (χ2v) is 2.92. The van der Waals surface area contributed by atoms with Crippen LogP contribution in [0.2, 0.25) is 0 Å². The summed E-state index contributed by atoms with van der Waals surface area (Å²) >= 11 is 0. The van der Waals surface area contributed by atoms with Crippen LogP contribution in [0.5, 0.6) is 0 Å². The predicted octanol–water partition coefficient (Wildman–Crippen LogP) is 2.77. The summed E-state index contributed by atoms with van der Waals surface area (Å²) in [6, 6.07) is 5.86. The SMILES string of the molecule is CCCC(C)=O.Cc1ccccn1. The van der Waals surface area contributed by atoms with Crippen LogP contribution in [0.15, 0.2) is 24.4 Å². The molecular formula is C11H17NO. The van der Waals surface area contributed by atoms with Crippen molar-refractivity contribution in [3.63, 3.8) is 0 Å². The maximum absolute atomic E-state index is 10.0. The number of hydrogen-bond acceptors (Lipinski definition) is 2. The molecule has 0 N–H and O–H groups in total. The third-order valence-electron chi connectivity index (χ3n) is 1.41. The van der Waals surface area contributed by atoms with Gasteiger partial charge in [-0.05, 0) is 32.4 Å². The highest BCUT2D eigenvalue weighted by atomic mass is 16.1. The van der Waals surface area contributed by atoms with E-state index >= 15 is 0 Å². The lowest BCUT2D eigenvalue weighted by atomic mass is 10.3. The molecule has 0 fully saturated rings. The zero-order valence-corrected chi connectivity index (χ0v) is 8.58. The molecule has 1 aromatic rings. The van der Waals surface area contributed by atoms with Crippen molar-refractivity contribution in [1.29, 1.82) is 0 Å². The summed E-state index contributed by atoms with van der Waals surface area (Å²) in [6.07, 6.45) is 3.50. The van der Waals surface area contributed by atoms with Crippen molar-refractivity contribution in [2.24, 2.45) is 0 Å². The lowest BCUT2D eigenvalue weighted by Gasteiger charge is -1.82. The Morgan fingerprint density at radius 2 is 2.15 bits per heavy atom. The number of pyridine rings is 1. The number of nitrogens with zero attached hydrogens (tertiary/aromatic N) is 1. The maximum Gasteiger partial charge on any atom is 0.129 e. The molecule has 1 heterocycles. The Balaban J connectivity index is 0.000000226. The van der Waals surface area contributed by atoms with Crippen LogP contribution >= 0.6 is 0 Å². The minimum Gasteiger partial charge on any atom is -0.300 e. The van der Waals surface area contributed by atoms with Gasteiger partial charge in [-0.2, -0.15) is 0 Å². The molecule has 0 aromatic carbocycles. The van der Waals surface area contributed by atoms with Crippen molar-refractivity contribution < 1.29 is 4.79 Å². The number of rotatable bonds is 2. The number of carbonyl (C=O) groups is 1. The fourth-order valence-electron chi connectivity index (χ4n) is 0.800. The van der Waals surface area contributed by atoms with E-state index in [0.29, 0.717) is 0 Å². The van der Waals surface area contributed by atoms with E-state index < -0.39 is 0 Å². The number of aromatic nitrogens is 1. The van der Waals surface area contributed by atoms with E-state index in [1.165, 1.54) is 0 Å². The molecule has 0 aliphatic rings. The Hall–Kier alpha value is -1.18. The molecule has 0 atom stereocenters. The fourth-order valence-corrected chi connectivity index (χ4v) is 0.800. The first-order valence-corrected chi connectivity index (χ1v) is 4.54. The van der Waals surface area contributed by atoms with E-state index in [1.54, 1.807) is 13.1 Å². The van der Waals surface area contributed by atoms with Crippen LogP contribution in [0.1, 0.15) is 32.4 Å². The molecule has 0 saturated carbocycles. The average molecular weight is 179 g/mol. The highest BCUT2D eigenvalue weighted by molar-refractivity contribution is 5.75. The highest BCUT2D eigenvalue weighted by Crippen LogP contribution is 1.86. The normalized spacial score (nSPS) is 8.54. The Morgan fingerprint density at radius 1 is 1.46 bits per heavy atom. The number of carbonyl (C=O) groups excluding carboxylic acids is 1. The zero-order chi connectivity index (χ0) is 10.1. The molecule has 0 bridgehead atoms. The van der Waals surface area contributed by atoms with Gasteiger partial charge in [-0.15, -0.1) is 0 Å². The van der Waals surface area contributed by atoms with Gasteiger partial charge in [-0.25, -0.2) is 0 Å². The van der Waals surface area contributed by atoms with Gasteiger partial charge in [0.1, 0.15) is 5.78 Å². The molecule has 0 amide bonds. The van der Waals surface area contributed by atoms with Gasteiger partial charge < -0.3 is 4.79 Å². The molecule has 13 heavy (non-hydrogen) atoms. The van der Waals surface area contributed by atoms with Crippen molar-refractivity contribution in [3.8, 4) is 0 Å². The van der Waals surface area contributed by atoms with Gasteiger partial charge in [-0.3, -0.25) is 4.98 Å². The van der Waals surface area contributed by atoms with E-state index in [4.69, 9.17) is 0 Å². The van der Waals surface area contributed by atoms with Crippen LogP contribution in [0, 0.1) is 6.92 Å². The predicted molar refractivity (Wildman–Crippen MR) is 54.6 cm³/mol. The Bertz CT molecular complexity index is 231. The van der Waals surface area contributed by atoms with Gasteiger partial charge in [0.15, 0.2) is 0 Å². The van der Waals surface area contributed by atoms with E-state index in [-0.39, 0.29) is 5.78 Å². The summed E-state index contributed by atoms with van der Waals surface area (Å²) in [6.45, 7) is 5.59. The van der Waals surface area contributed by atoms with Gasteiger partial charge in [0.05, 0.1) is 0 Å². The number of aryl methyl sites for hydroxylation is 1. The van der Waals surface area contributed by atoms with Crippen molar-refractivity contribution in [2.45, 2.75) is 33.6 Å². The number of hydrogen-bond donors (Lipinski definition) is 0. The summed E-state index contributed by atoms with van der Waals surface area (Å²) in [5.74, 6) is 0.289. The molecule has 72 valence electrons. The summed E-state index contributed by atoms with van der Waals surface area (Å²) in [7, 11) is 0. The Labute approximate surface area is 80.0 Å². The van der Waals surface area contributed by atoms with Crippen LogP contribution in [-0.2, 0) is 4.79 Å². The molecule has 0 aliphatic heterocycles. The van der Waals surface area contributed by atoms with Crippen LogP contribution in [0.25, 0.3) is 0 Å². The van der Waals surface area contributed by atoms with E-state index in [0.717, 1.165) is 18.5 Å². The third kappa shape index (κ3) is 8.73. The van der Waals surface area contributed by atoms with Crippen molar-refractivity contribution in [1.82, 2.24) is 4.98 Å². The molecule has 1 aromatic heterocycles. The topological polar surface area (TPSA) is 30.0 Å². The van der Waals surface area contributed by atoms with Gasteiger partial charge in [0, 0.05) is 18.3 Å². The summed E-state index contributed by atoms with van der Waals surface area (Å²) in [5, 5.41) is 0. The van der Waals surface area contributed by atoms with Crippen LogP contribution in [-0.4, -0.2) is 10.8 Å². The van der Waals surface area contributed by atoms with Crippen molar-refractivity contribution in [3.05, 3.63) is 30.1 Å². The van der Waals surface area contributed by atoms with Crippen molar-refractivity contribution >= 4 is 5.78 Å². The Kier molecular flexibility index (Phi) is 6.79. The quantitative estimate of drug-likeness (QED) is 0.698. The van der Waals surface area contributed by atoms with Gasteiger partial charge in [0.2, 0.25) is 0 Å². The second-order valence-electron chi connectivity index (χ2n) is 2.92. The zero-order valence-electron chi connectivity index (χ0n) is 8.58. The average Bonchev–Trinajstić information content (AvgIpc) is 2.06. The van der Waals surface area contributed by atoms with Crippen LogP contribution in [0.4, 0.5) is 0 Å². The first-order chi connectivity index (χ1) is 6.16. The minimum atomic E-state index is 0.289. The van der Waals surface area contributed by atoms with E-state index in [2.05, 4.69) is 4.98 Å². The molecule has 2 nitrogen and oxygen atoms in total. The lowest BCUT2D eigenvalue weighted by Crippen LogP contribution is -1.84. The smallest absolute Gasteiger partial charge is 0.129 e. The molecule has 0 radical (unpaired) electrons. The Morgan fingerprint density at radius 3 is 2.31 bits per heavy atom. The van der Waals surface area contributed by atoms with Gasteiger partial charge in [0.25, 0.3) is 0 Å². The summed E-state index contributed by atoms with van der Waals surface area (Å²) < 4.78 is 0. The van der Waals surface area contributed by atoms with Gasteiger partial charge in [-0.1, -0.05) is 13.0 Å². The number of Topliss-reactive ketones (excluding diaryl/α,β-unsaturated/α-hetero) is 1. The molecule has 0 spiro atoms. The largest absolute Gasteiger partial charge is 0.300 e. The number of ketones is 1. The summed E-state index contributed by atoms with van der Waals surface area (Å²) in [4.78, 5) is 14.0. The third-order valence-corrected chi connectivity index (χ3v) is 1.41. The van der Waals surface area contributed by atoms with E-state index in [1.807, 2.05) is 32.0 Å². The van der Waals surface area contributed by atoms with E-state index in [9.17, 15) is 4.79 Å². The van der Waals surface area contributed by atoms with Crippen LogP contribution < -0.4 is 0 Å². The van der Waals surface area contributed by atoms with Crippen LogP contribution in [0.3, 0.4) is 0 Å². The second kappa shape index (κ2) is 7.47. The molecule has 0 unspecified atom stereocenters. The van der Waals surface area contributed by atoms with Crippen molar-refractivity contribution in [2.75, 3.05) is 0 Å². The fraction of sp³-hybridized carbons (Fsp3) is 0.455. The maximum atomic E-state index is 10.0.